The van der Waals surface area contributed by atoms with Crippen LogP contribution in [0.5, 0.6) is 0 Å². The number of carboxylic acid groups (broad SMARTS) is 1. The molecule has 66 valence electrons. The minimum absolute atomic E-state index is 0.00944. The van der Waals surface area contributed by atoms with Gasteiger partial charge in [0, 0.05) is 11.1 Å². The number of amides is 1. The van der Waals surface area contributed by atoms with Crippen molar-refractivity contribution >= 4 is 23.2 Å². The van der Waals surface area contributed by atoms with Gasteiger partial charge in [-0.1, -0.05) is 0 Å². The van der Waals surface area contributed by atoms with E-state index in [2.05, 4.69) is 15.0 Å². The molecule has 7 nitrogen and oxygen atoms in total. The van der Waals surface area contributed by atoms with Crippen LogP contribution >= 0.6 is 11.3 Å². The standard InChI is InChI=1S/C5H2N4O3S/c6-9-8-3(10)2-1-7-4(13-2)5(11)12/h1H,(H,11,12). The second-order valence-corrected chi connectivity index (χ2v) is 2.86. The van der Waals surface area contributed by atoms with E-state index in [1.807, 2.05) is 0 Å². The number of aromatic nitrogens is 1. The first kappa shape index (κ1) is 9.17. The van der Waals surface area contributed by atoms with Crippen molar-refractivity contribution in [2.24, 2.45) is 5.11 Å². The lowest BCUT2D eigenvalue weighted by atomic mass is 10.5. The lowest BCUT2D eigenvalue weighted by Crippen LogP contribution is -1.92. The highest BCUT2D eigenvalue weighted by molar-refractivity contribution is 7.15. The predicted octanol–water partition coefficient (Wildman–Crippen LogP) is 1.29. The normalized spacial score (nSPS) is 8.92. The Balaban J connectivity index is 2.98. The highest BCUT2D eigenvalue weighted by atomic mass is 32.1. The molecule has 0 aliphatic carbocycles. The summed E-state index contributed by atoms with van der Waals surface area (Å²) in [5, 5.41) is 11.0. The zero-order valence-corrected chi connectivity index (χ0v) is 6.85. The number of thiazole rings is 1. The Bertz CT molecular complexity index is 406. The molecule has 1 aromatic rings. The molecular formula is C5H2N4O3S. The Morgan fingerprint density at radius 1 is 1.69 bits per heavy atom. The van der Waals surface area contributed by atoms with Crippen LogP contribution in [0.1, 0.15) is 19.5 Å². The topological polar surface area (TPSA) is 116 Å². The van der Waals surface area contributed by atoms with Gasteiger partial charge in [-0.15, -0.1) is 11.3 Å². The summed E-state index contributed by atoms with van der Waals surface area (Å²) in [6.45, 7) is 0. The first-order valence-electron chi connectivity index (χ1n) is 2.93. The average molecular weight is 198 g/mol. The molecule has 0 aromatic carbocycles. The van der Waals surface area contributed by atoms with Crippen LogP contribution in [0.4, 0.5) is 0 Å². The van der Waals surface area contributed by atoms with Gasteiger partial charge in [-0.25, -0.2) is 9.78 Å². The Morgan fingerprint density at radius 3 is 2.85 bits per heavy atom. The van der Waals surface area contributed by atoms with Crippen LogP contribution < -0.4 is 0 Å². The van der Waals surface area contributed by atoms with E-state index in [-0.39, 0.29) is 9.88 Å². The van der Waals surface area contributed by atoms with Crippen LogP contribution in [0.15, 0.2) is 11.3 Å². The molecule has 0 saturated carbocycles. The molecule has 0 atom stereocenters. The van der Waals surface area contributed by atoms with Gasteiger partial charge in [0.05, 0.1) is 4.88 Å². The van der Waals surface area contributed by atoms with Crippen LogP contribution in [0.3, 0.4) is 0 Å². The van der Waals surface area contributed by atoms with E-state index in [0.29, 0.717) is 11.3 Å². The van der Waals surface area contributed by atoms with E-state index in [1.165, 1.54) is 0 Å². The lowest BCUT2D eigenvalue weighted by Gasteiger charge is -1.81. The lowest BCUT2D eigenvalue weighted by molar-refractivity contribution is 0.0696. The fourth-order valence-electron chi connectivity index (χ4n) is 0.562. The van der Waals surface area contributed by atoms with Crippen molar-refractivity contribution in [3.8, 4) is 0 Å². The zero-order valence-electron chi connectivity index (χ0n) is 6.04. The van der Waals surface area contributed by atoms with E-state index < -0.39 is 11.9 Å². The van der Waals surface area contributed by atoms with E-state index in [0.717, 1.165) is 6.20 Å². The SMILES string of the molecule is [N-]=[N+]=NC(=O)c1cnc(C(=O)O)s1. The molecule has 0 aliphatic rings. The number of rotatable bonds is 2. The molecule has 1 amide bonds. The summed E-state index contributed by atoms with van der Waals surface area (Å²) in [6, 6.07) is 0. The molecule has 0 radical (unpaired) electrons. The minimum Gasteiger partial charge on any atom is -0.476 e. The Hall–Kier alpha value is -1.92. The smallest absolute Gasteiger partial charge is 0.365 e. The summed E-state index contributed by atoms with van der Waals surface area (Å²) in [7, 11) is 0. The third-order valence-corrected chi connectivity index (χ3v) is 2.01. The minimum atomic E-state index is -1.22. The van der Waals surface area contributed by atoms with Gasteiger partial charge in [0.15, 0.2) is 0 Å². The molecule has 13 heavy (non-hydrogen) atoms. The van der Waals surface area contributed by atoms with Crippen molar-refractivity contribution in [3.05, 3.63) is 26.5 Å². The Labute approximate surface area is 75.3 Å². The summed E-state index contributed by atoms with van der Waals surface area (Å²) in [6.07, 6.45) is 1.06. The molecular weight excluding hydrogens is 196 g/mol. The highest BCUT2D eigenvalue weighted by Gasteiger charge is 2.12. The van der Waals surface area contributed by atoms with Crippen molar-refractivity contribution < 1.29 is 14.7 Å². The second kappa shape index (κ2) is 3.65. The van der Waals surface area contributed by atoms with E-state index >= 15 is 0 Å². The fourth-order valence-corrected chi connectivity index (χ4v) is 1.20. The molecule has 1 aromatic heterocycles. The number of hydrogen-bond acceptors (Lipinski definition) is 4. The second-order valence-electron chi connectivity index (χ2n) is 1.83. The number of carbonyl (C=O) groups excluding carboxylic acids is 1. The van der Waals surface area contributed by atoms with Crippen molar-refractivity contribution in [3.63, 3.8) is 0 Å². The fraction of sp³-hybridized carbons (Fsp3) is 0. The van der Waals surface area contributed by atoms with E-state index in [4.69, 9.17) is 10.6 Å². The molecule has 1 rings (SSSR count). The van der Waals surface area contributed by atoms with Crippen LogP contribution in [-0.4, -0.2) is 22.0 Å². The molecule has 0 bridgehead atoms. The molecule has 0 unspecified atom stereocenters. The zero-order chi connectivity index (χ0) is 9.84. The number of hydrogen-bond donors (Lipinski definition) is 1. The maximum Gasteiger partial charge on any atom is 0.365 e. The highest BCUT2D eigenvalue weighted by Crippen LogP contribution is 2.13. The molecule has 1 heterocycles. The van der Waals surface area contributed by atoms with Crippen LogP contribution in [-0.2, 0) is 0 Å². The van der Waals surface area contributed by atoms with Gasteiger partial charge in [0.2, 0.25) is 5.01 Å². The molecule has 0 spiro atoms. The summed E-state index contributed by atoms with van der Waals surface area (Å²) >= 11 is 0.664. The summed E-state index contributed by atoms with van der Waals surface area (Å²) < 4.78 is 0. The van der Waals surface area contributed by atoms with Crippen molar-refractivity contribution in [1.82, 2.24) is 4.98 Å². The van der Waals surface area contributed by atoms with Crippen molar-refractivity contribution in [2.75, 3.05) is 0 Å². The van der Waals surface area contributed by atoms with Gasteiger partial charge in [0.25, 0.3) is 5.91 Å². The monoisotopic (exact) mass is 198 g/mol. The summed E-state index contributed by atoms with van der Waals surface area (Å²) in [5.74, 6) is -2.04. The molecule has 0 saturated heterocycles. The number of nitrogens with zero attached hydrogens (tertiary/aromatic N) is 4. The van der Waals surface area contributed by atoms with Gasteiger partial charge in [-0.2, -0.15) is 0 Å². The van der Waals surface area contributed by atoms with E-state index in [9.17, 15) is 9.59 Å². The van der Waals surface area contributed by atoms with Gasteiger partial charge >= 0.3 is 5.97 Å². The first-order chi connectivity index (χ1) is 6.15. The maximum absolute atomic E-state index is 10.8. The van der Waals surface area contributed by atoms with E-state index in [1.54, 1.807) is 0 Å². The third-order valence-electron chi connectivity index (χ3n) is 1.03. The average Bonchev–Trinajstić information content (AvgIpc) is 2.52. The Morgan fingerprint density at radius 2 is 2.38 bits per heavy atom. The largest absolute Gasteiger partial charge is 0.476 e. The third kappa shape index (κ3) is 2.01. The quantitative estimate of drug-likeness (QED) is 0.437. The van der Waals surface area contributed by atoms with Gasteiger partial charge in [-0.3, -0.25) is 4.79 Å². The number of carboxylic acids is 1. The maximum atomic E-state index is 10.8. The molecule has 1 N–H and O–H groups in total. The molecule has 0 aliphatic heterocycles. The van der Waals surface area contributed by atoms with Gasteiger partial charge in [0.1, 0.15) is 0 Å². The first-order valence-corrected chi connectivity index (χ1v) is 3.75. The predicted molar refractivity (Wildman–Crippen MR) is 42.5 cm³/mol. The summed E-state index contributed by atoms with van der Waals surface area (Å²) in [5.41, 5.74) is 7.92. The summed E-state index contributed by atoms with van der Waals surface area (Å²) in [4.78, 5) is 26.9. The van der Waals surface area contributed by atoms with Crippen molar-refractivity contribution in [2.45, 2.75) is 0 Å². The van der Waals surface area contributed by atoms with Crippen molar-refractivity contribution in [1.29, 1.82) is 0 Å². The molecule has 8 heteroatoms. The van der Waals surface area contributed by atoms with Gasteiger partial charge in [-0.05, 0) is 10.6 Å². The Kier molecular flexibility index (Phi) is 2.58. The molecule has 0 fully saturated rings. The number of aromatic carboxylic acids is 1. The van der Waals surface area contributed by atoms with Crippen LogP contribution in [0.2, 0.25) is 0 Å². The number of carbonyl (C=O) groups is 2. The van der Waals surface area contributed by atoms with Crippen LogP contribution in [0.25, 0.3) is 10.4 Å². The van der Waals surface area contributed by atoms with Crippen LogP contribution in [0, 0.1) is 0 Å². The number of azide groups is 1. The van der Waals surface area contributed by atoms with Gasteiger partial charge < -0.3 is 5.11 Å².